The Hall–Kier alpha value is -0.210. The molecular weight excluding hydrogens is 334 g/mol. The summed E-state index contributed by atoms with van der Waals surface area (Å²) >= 11 is 4.25. The summed E-state index contributed by atoms with van der Waals surface area (Å²) in [5, 5.41) is 0. The zero-order chi connectivity index (χ0) is 18.8. The predicted octanol–water partition coefficient (Wildman–Crippen LogP) is 7.51. The summed E-state index contributed by atoms with van der Waals surface area (Å²) < 4.78 is 3.11. The van der Waals surface area contributed by atoms with Gasteiger partial charge in [0.25, 0.3) is 0 Å². The SMILES string of the molecule is CC.CCCCCCCCC1CCC2CC3=C(C=CCC3CNS)CC12. The molecule has 0 aromatic rings. The Balaban J connectivity index is 0.00000117. The maximum Gasteiger partial charge on any atom is 0.0125 e. The molecule has 0 aliphatic heterocycles. The molecule has 3 rings (SSSR count). The maximum atomic E-state index is 4.25. The molecule has 2 heteroatoms. The van der Waals surface area contributed by atoms with Crippen molar-refractivity contribution in [3.05, 3.63) is 23.3 Å². The van der Waals surface area contributed by atoms with Gasteiger partial charge in [0.1, 0.15) is 0 Å². The van der Waals surface area contributed by atoms with Crippen molar-refractivity contribution >= 4 is 12.8 Å². The van der Waals surface area contributed by atoms with E-state index in [1.165, 1.54) is 77.0 Å². The van der Waals surface area contributed by atoms with Crippen molar-refractivity contribution in [1.82, 2.24) is 4.72 Å². The van der Waals surface area contributed by atoms with Gasteiger partial charge < -0.3 is 0 Å². The van der Waals surface area contributed by atoms with Gasteiger partial charge in [0.2, 0.25) is 0 Å². The standard InChI is InChI=1S/C22H37NS.C2H6/c1-2-3-4-5-6-7-9-17-12-13-19-15-22-18(14-21(17)19)10-8-11-20(22)16-23-24;1-2/h8,10,17,19-21,23-24H,2-7,9,11-16H2,1H3;1-2H3. The van der Waals surface area contributed by atoms with Crippen molar-refractivity contribution in [3.8, 4) is 0 Å². The fraction of sp³-hybridized carbons (Fsp3) is 0.833. The lowest BCUT2D eigenvalue weighted by atomic mass is 9.69. The molecule has 0 saturated heterocycles. The average molecular weight is 378 g/mol. The average Bonchev–Trinajstić information content (AvgIpc) is 3.07. The van der Waals surface area contributed by atoms with Crippen molar-refractivity contribution in [2.24, 2.45) is 23.7 Å². The van der Waals surface area contributed by atoms with Gasteiger partial charge in [-0.2, -0.15) is 0 Å². The third-order valence-electron chi connectivity index (χ3n) is 6.97. The summed E-state index contributed by atoms with van der Waals surface area (Å²) in [6, 6.07) is 0. The minimum Gasteiger partial charge on any atom is -0.266 e. The molecule has 1 saturated carbocycles. The second kappa shape index (κ2) is 12.3. The van der Waals surface area contributed by atoms with E-state index in [0.29, 0.717) is 5.92 Å². The zero-order valence-corrected chi connectivity index (χ0v) is 18.5. The summed E-state index contributed by atoms with van der Waals surface area (Å²) in [4.78, 5) is 0. The van der Waals surface area contributed by atoms with Crippen LogP contribution in [-0.2, 0) is 0 Å². The van der Waals surface area contributed by atoms with Crippen LogP contribution in [0.3, 0.4) is 0 Å². The normalized spacial score (nSPS) is 29.8. The van der Waals surface area contributed by atoms with Crippen LogP contribution >= 0.6 is 12.8 Å². The minimum absolute atomic E-state index is 0.709. The second-order valence-corrected chi connectivity index (χ2v) is 8.79. The molecular formula is C24H43NS. The molecule has 1 fully saturated rings. The molecule has 3 aliphatic rings. The van der Waals surface area contributed by atoms with E-state index in [1.54, 1.807) is 11.1 Å². The fourth-order valence-corrected chi connectivity index (χ4v) is 5.83. The fourth-order valence-electron chi connectivity index (χ4n) is 5.61. The van der Waals surface area contributed by atoms with E-state index in [4.69, 9.17) is 0 Å². The maximum absolute atomic E-state index is 4.25. The van der Waals surface area contributed by atoms with Gasteiger partial charge in [-0.3, -0.25) is 4.72 Å². The first-order chi connectivity index (χ1) is 12.8. The largest absolute Gasteiger partial charge is 0.266 e. The van der Waals surface area contributed by atoms with Crippen molar-refractivity contribution in [2.75, 3.05) is 6.54 Å². The van der Waals surface area contributed by atoms with Crippen molar-refractivity contribution in [3.63, 3.8) is 0 Å². The van der Waals surface area contributed by atoms with E-state index in [9.17, 15) is 0 Å². The third kappa shape index (κ3) is 5.89. The van der Waals surface area contributed by atoms with Crippen LogP contribution in [-0.4, -0.2) is 6.54 Å². The van der Waals surface area contributed by atoms with Gasteiger partial charge in [0, 0.05) is 6.54 Å². The van der Waals surface area contributed by atoms with E-state index >= 15 is 0 Å². The Morgan fingerprint density at radius 2 is 1.81 bits per heavy atom. The molecule has 0 bridgehead atoms. The topological polar surface area (TPSA) is 12.0 Å². The second-order valence-electron chi connectivity index (χ2n) is 8.47. The molecule has 3 aliphatic carbocycles. The number of hydrogen-bond donors (Lipinski definition) is 2. The van der Waals surface area contributed by atoms with Crippen LogP contribution in [0.25, 0.3) is 0 Å². The molecule has 1 nitrogen and oxygen atoms in total. The molecule has 0 spiro atoms. The molecule has 0 aromatic carbocycles. The molecule has 4 unspecified atom stereocenters. The molecule has 4 atom stereocenters. The Morgan fingerprint density at radius 3 is 2.58 bits per heavy atom. The van der Waals surface area contributed by atoms with Gasteiger partial charge in [-0.15, -0.1) is 0 Å². The van der Waals surface area contributed by atoms with E-state index in [0.717, 1.165) is 24.3 Å². The first-order valence-electron chi connectivity index (χ1n) is 11.6. The number of rotatable bonds is 9. The van der Waals surface area contributed by atoms with Crippen LogP contribution in [0.1, 0.15) is 97.8 Å². The Morgan fingerprint density at radius 1 is 1.04 bits per heavy atom. The Labute approximate surface area is 169 Å². The predicted molar refractivity (Wildman–Crippen MR) is 120 cm³/mol. The monoisotopic (exact) mass is 377 g/mol. The highest BCUT2D eigenvalue weighted by Gasteiger charge is 2.40. The molecule has 150 valence electrons. The van der Waals surface area contributed by atoms with Gasteiger partial charge >= 0.3 is 0 Å². The van der Waals surface area contributed by atoms with Gasteiger partial charge in [-0.25, -0.2) is 0 Å². The Kier molecular flexibility index (Phi) is 10.4. The van der Waals surface area contributed by atoms with Crippen LogP contribution in [0.15, 0.2) is 23.3 Å². The van der Waals surface area contributed by atoms with Crippen LogP contribution in [0.4, 0.5) is 0 Å². The van der Waals surface area contributed by atoms with Gasteiger partial charge in [0.15, 0.2) is 0 Å². The van der Waals surface area contributed by atoms with E-state index < -0.39 is 0 Å². The van der Waals surface area contributed by atoms with Crippen molar-refractivity contribution < 1.29 is 0 Å². The van der Waals surface area contributed by atoms with E-state index in [1.807, 2.05) is 13.8 Å². The number of nitrogens with one attached hydrogen (secondary N) is 1. The first kappa shape index (κ1) is 22.1. The third-order valence-corrected chi connectivity index (χ3v) is 7.15. The number of unbranched alkanes of at least 4 members (excludes halogenated alkanes) is 5. The molecule has 0 radical (unpaired) electrons. The summed E-state index contributed by atoms with van der Waals surface area (Å²) in [7, 11) is 0. The molecule has 26 heavy (non-hydrogen) atoms. The van der Waals surface area contributed by atoms with Crippen LogP contribution in [0.2, 0.25) is 0 Å². The molecule has 0 aromatic heterocycles. The van der Waals surface area contributed by atoms with E-state index in [2.05, 4.69) is 36.6 Å². The van der Waals surface area contributed by atoms with Gasteiger partial charge in [-0.05, 0) is 61.3 Å². The molecule has 1 N–H and O–H groups in total. The number of thiol groups is 1. The van der Waals surface area contributed by atoms with Gasteiger partial charge in [-0.1, -0.05) is 96.3 Å². The van der Waals surface area contributed by atoms with Crippen molar-refractivity contribution in [1.29, 1.82) is 0 Å². The summed E-state index contributed by atoms with van der Waals surface area (Å²) in [5.74, 6) is 3.71. The van der Waals surface area contributed by atoms with Crippen LogP contribution in [0, 0.1) is 23.7 Å². The smallest absolute Gasteiger partial charge is 0.0125 e. The van der Waals surface area contributed by atoms with Crippen LogP contribution < -0.4 is 4.72 Å². The number of fused-ring (bicyclic) bond motifs is 1. The summed E-state index contributed by atoms with van der Waals surface area (Å²) in [5.41, 5.74) is 3.48. The summed E-state index contributed by atoms with van der Waals surface area (Å²) in [6.45, 7) is 7.34. The number of allylic oxidation sites excluding steroid dienone is 3. The highest BCUT2D eigenvalue weighted by atomic mass is 32.1. The number of hydrogen-bond acceptors (Lipinski definition) is 2. The first-order valence-corrected chi connectivity index (χ1v) is 12.0. The molecule has 0 heterocycles. The lowest BCUT2D eigenvalue weighted by Gasteiger charge is -2.37. The zero-order valence-electron chi connectivity index (χ0n) is 17.6. The van der Waals surface area contributed by atoms with Crippen LogP contribution in [0.5, 0.6) is 0 Å². The van der Waals surface area contributed by atoms with Crippen molar-refractivity contribution in [2.45, 2.75) is 97.8 Å². The van der Waals surface area contributed by atoms with Gasteiger partial charge in [0.05, 0.1) is 0 Å². The highest BCUT2D eigenvalue weighted by molar-refractivity contribution is 7.78. The van der Waals surface area contributed by atoms with E-state index in [-0.39, 0.29) is 0 Å². The lowest BCUT2D eigenvalue weighted by molar-refractivity contribution is 0.265. The Bertz CT molecular complexity index is 453. The highest BCUT2D eigenvalue weighted by Crippen LogP contribution is 2.51. The molecule has 0 amide bonds. The quantitative estimate of drug-likeness (QED) is 0.313. The summed E-state index contributed by atoms with van der Waals surface area (Å²) in [6.07, 6.45) is 22.0. The minimum atomic E-state index is 0.709. The lowest BCUT2D eigenvalue weighted by Crippen LogP contribution is -2.28.